The lowest BCUT2D eigenvalue weighted by Crippen LogP contribution is -2.38. The van der Waals surface area contributed by atoms with Crippen molar-refractivity contribution in [3.8, 4) is 5.75 Å². The van der Waals surface area contributed by atoms with Gasteiger partial charge >= 0.3 is 0 Å². The van der Waals surface area contributed by atoms with E-state index < -0.39 is 6.10 Å². The van der Waals surface area contributed by atoms with Crippen LogP contribution in [0.25, 0.3) is 0 Å². The summed E-state index contributed by atoms with van der Waals surface area (Å²) in [5.41, 5.74) is 6.18. The first-order valence-corrected chi connectivity index (χ1v) is 5.92. The predicted molar refractivity (Wildman–Crippen MR) is 71.9 cm³/mol. The van der Waals surface area contributed by atoms with Gasteiger partial charge in [0.1, 0.15) is 5.75 Å². The Labute approximate surface area is 112 Å². The van der Waals surface area contributed by atoms with Gasteiger partial charge in [0, 0.05) is 26.4 Å². The Bertz CT molecular complexity index is 394. The maximum absolute atomic E-state index is 11.7. The third-order valence-corrected chi connectivity index (χ3v) is 2.51. The van der Waals surface area contributed by atoms with E-state index in [-0.39, 0.29) is 25.7 Å². The molecule has 0 bridgehead atoms. The van der Waals surface area contributed by atoms with Crippen molar-refractivity contribution in [2.24, 2.45) is 0 Å². The molecule has 0 saturated heterocycles. The molecule has 0 fully saturated rings. The van der Waals surface area contributed by atoms with Crippen molar-refractivity contribution in [2.45, 2.75) is 6.10 Å². The van der Waals surface area contributed by atoms with Gasteiger partial charge in [-0.15, -0.1) is 0 Å². The third kappa shape index (κ3) is 5.58. The minimum atomic E-state index is -0.699. The summed E-state index contributed by atoms with van der Waals surface area (Å²) < 4.78 is 10.1. The molecule has 0 aliphatic heterocycles. The van der Waals surface area contributed by atoms with Crippen LogP contribution in [0.2, 0.25) is 0 Å². The molecule has 3 N–H and O–H groups in total. The van der Waals surface area contributed by atoms with Crippen LogP contribution in [-0.4, -0.2) is 55.9 Å². The number of carbonyl (C=O) groups excluding carboxylic acids is 1. The molecule has 1 unspecified atom stereocenters. The van der Waals surface area contributed by atoms with Crippen molar-refractivity contribution < 1.29 is 19.4 Å². The highest BCUT2D eigenvalue weighted by Crippen LogP contribution is 2.12. The van der Waals surface area contributed by atoms with Crippen molar-refractivity contribution in [1.29, 1.82) is 0 Å². The molecule has 1 amide bonds. The first kappa shape index (κ1) is 15.3. The molecular weight excluding hydrogens is 248 g/mol. The van der Waals surface area contributed by atoms with E-state index in [2.05, 4.69) is 0 Å². The predicted octanol–water partition coefficient (Wildman–Crippen LogP) is 0.113. The number of aliphatic hydroxyl groups excluding tert-OH is 1. The average molecular weight is 268 g/mol. The first-order valence-electron chi connectivity index (χ1n) is 5.92. The number of hydrogen-bond donors (Lipinski definition) is 2. The van der Waals surface area contributed by atoms with E-state index in [0.717, 1.165) is 0 Å². The molecule has 0 aromatic heterocycles. The van der Waals surface area contributed by atoms with E-state index >= 15 is 0 Å². The number of nitrogens with two attached hydrogens (primary N) is 1. The van der Waals surface area contributed by atoms with E-state index in [1.807, 2.05) is 0 Å². The van der Waals surface area contributed by atoms with Crippen LogP contribution in [0.4, 0.5) is 5.69 Å². The number of aliphatic hydroxyl groups is 1. The molecule has 6 nitrogen and oxygen atoms in total. The molecule has 0 aliphatic rings. The Kier molecular flexibility index (Phi) is 6.11. The highest BCUT2D eigenvalue weighted by molar-refractivity contribution is 5.77. The first-order chi connectivity index (χ1) is 9.02. The van der Waals surface area contributed by atoms with Gasteiger partial charge in [-0.05, 0) is 24.3 Å². The number of nitrogen functional groups attached to an aromatic ring is 1. The average Bonchev–Trinajstić information content (AvgIpc) is 2.37. The number of nitrogens with zero attached hydrogens (tertiary/aromatic N) is 1. The number of anilines is 1. The lowest BCUT2D eigenvalue weighted by atomic mass is 10.3. The van der Waals surface area contributed by atoms with Crippen molar-refractivity contribution >= 4 is 11.6 Å². The van der Waals surface area contributed by atoms with Crippen molar-refractivity contribution in [1.82, 2.24) is 4.90 Å². The van der Waals surface area contributed by atoms with Crippen LogP contribution in [0.5, 0.6) is 5.75 Å². The Morgan fingerprint density at radius 1 is 1.42 bits per heavy atom. The molecule has 0 saturated carbocycles. The van der Waals surface area contributed by atoms with Crippen LogP contribution in [0.15, 0.2) is 24.3 Å². The lowest BCUT2D eigenvalue weighted by Gasteiger charge is -2.20. The van der Waals surface area contributed by atoms with Gasteiger partial charge in [-0.25, -0.2) is 0 Å². The second kappa shape index (κ2) is 7.60. The fourth-order valence-electron chi connectivity index (χ4n) is 1.48. The maximum Gasteiger partial charge on any atom is 0.260 e. The standard InChI is InChI=1S/C13H20N2O4/c1-15(7-11(16)8-18-2)13(17)9-19-12-5-3-10(14)4-6-12/h3-6,11,16H,7-9,14H2,1-2H3. The molecule has 106 valence electrons. The largest absolute Gasteiger partial charge is 0.484 e. The summed E-state index contributed by atoms with van der Waals surface area (Å²) in [5, 5.41) is 9.51. The molecule has 6 heteroatoms. The van der Waals surface area contributed by atoms with Crippen LogP contribution < -0.4 is 10.5 Å². The van der Waals surface area contributed by atoms with Gasteiger partial charge in [0.2, 0.25) is 0 Å². The van der Waals surface area contributed by atoms with E-state index in [9.17, 15) is 9.90 Å². The number of methoxy groups -OCH3 is 1. The Morgan fingerprint density at radius 2 is 2.05 bits per heavy atom. The summed E-state index contributed by atoms with van der Waals surface area (Å²) in [6.07, 6.45) is -0.699. The molecule has 19 heavy (non-hydrogen) atoms. The maximum atomic E-state index is 11.7. The number of carbonyl (C=O) groups is 1. The molecular formula is C13H20N2O4. The number of hydrogen-bond acceptors (Lipinski definition) is 5. The van der Waals surface area contributed by atoms with Crippen LogP contribution in [0.3, 0.4) is 0 Å². The number of amides is 1. The zero-order valence-electron chi connectivity index (χ0n) is 11.2. The van der Waals surface area contributed by atoms with Crippen LogP contribution in [-0.2, 0) is 9.53 Å². The summed E-state index contributed by atoms with van der Waals surface area (Å²) in [7, 11) is 3.10. The summed E-state index contributed by atoms with van der Waals surface area (Å²) in [4.78, 5) is 13.2. The third-order valence-electron chi connectivity index (χ3n) is 2.51. The Morgan fingerprint density at radius 3 is 2.63 bits per heavy atom. The molecule has 0 spiro atoms. The van der Waals surface area contributed by atoms with Gasteiger partial charge in [0.15, 0.2) is 6.61 Å². The van der Waals surface area contributed by atoms with E-state index in [0.29, 0.717) is 11.4 Å². The normalized spacial score (nSPS) is 11.9. The molecule has 1 rings (SSSR count). The van der Waals surface area contributed by atoms with Gasteiger partial charge in [-0.3, -0.25) is 4.79 Å². The van der Waals surface area contributed by atoms with Gasteiger partial charge in [-0.2, -0.15) is 0 Å². The topological polar surface area (TPSA) is 85.0 Å². The summed E-state index contributed by atoms with van der Waals surface area (Å²) in [5.74, 6) is 0.361. The van der Waals surface area contributed by atoms with Crippen LogP contribution in [0, 0.1) is 0 Å². The molecule has 0 radical (unpaired) electrons. The minimum Gasteiger partial charge on any atom is -0.484 e. The molecule has 1 atom stereocenters. The molecule has 1 aromatic carbocycles. The van der Waals surface area contributed by atoms with Crippen molar-refractivity contribution in [3.63, 3.8) is 0 Å². The Balaban J connectivity index is 2.36. The van der Waals surface area contributed by atoms with E-state index in [1.165, 1.54) is 12.0 Å². The van der Waals surface area contributed by atoms with Gasteiger partial charge in [0.25, 0.3) is 5.91 Å². The minimum absolute atomic E-state index is 0.0832. The Hall–Kier alpha value is -1.79. The zero-order chi connectivity index (χ0) is 14.3. The fourth-order valence-corrected chi connectivity index (χ4v) is 1.48. The second-order valence-corrected chi connectivity index (χ2v) is 4.24. The molecule has 1 aromatic rings. The number of rotatable bonds is 7. The molecule has 0 heterocycles. The highest BCUT2D eigenvalue weighted by Gasteiger charge is 2.14. The van der Waals surface area contributed by atoms with E-state index in [4.69, 9.17) is 15.2 Å². The van der Waals surface area contributed by atoms with Gasteiger partial charge in [-0.1, -0.05) is 0 Å². The fraction of sp³-hybridized carbons (Fsp3) is 0.462. The summed E-state index contributed by atoms with van der Waals surface area (Å²) >= 11 is 0. The van der Waals surface area contributed by atoms with Gasteiger partial charge < -0.3 is 25.2 Å². The molecule has 0 aliphatic carbocycles. The van der Waals surface area contributed by atoms with Crippen LogP contribution >= 0.6 is 0 Å². The quantitative estimate of drug-likeness (QED) is 0.686. The SMILES string of the molecule is COCC(O)CN(C)C(=O)COc1ccc(N)cc1. The summed E-state index contributed by atoms with van der Waals surface area (Å²) in [6, 6.07) is 6.79. The number of likely N-dealkylation sites (N-methyl/N-ethyl adjacent to an activating group) is 1. The van der Waals surface area contributed by atoms with Crippen LogP contribution in [0.1, 0.15) is 0 Å². The lowest BCUT2D eigenvalue weighted by molar-refractivity contribution is -0.133. The number of ether oxygens (including phenoxy) is 2. The second-order valence-electron chi connectivity index (χ2n) is 4.24. The smallest absolute Gasteiger partial charge is 0.260 e. The van der Waals surface area contributed by atoms with E-state index in [1.54, 1.807) is 31.3 Å². The highest BCUT2D eigenvalue weighted by atomic mass is 16.5. The van der Waals surface area contributed by atoms with Crippen molar-refractivity contribution in [3.05, 3.63) is 24.3 Å². The van der Waals surface area contributed by atoms with Gasteiger partial charge in [0.05, 0.1) is 12.7 Å². The number of benzene rings is 1. The monoisotopic (exact) mass is 268 g/mol. The van der Waals surface area contributed by atoms with Crippen molar-refractivity contribution in [2.75, 3.05) is 39.6 Å². The zero-order valence-corrected chi connectivity index (χ0v) is 11.2. The summed E-state index contributed by atoms with van der Waals surface area (Å²) in [6.45, 7) is 0.314.